The Kier molecular flexibility index (Phi) is 4.32. The summed E-state index contributed by atoms with van der Waals surface area (Å²) < 4.78 is 0. The molecule has 0 spiro atoms. The van der Waals surface area contributed by atoms with Crippen LogP contribution in [0.3, 0.4) is 0 Å². The zero-order valence-corrected chi connectivity index (χ0v) is 14.1. The quantitative estimate of drug-likeness (QED) is 0.750. The molecule has 3 aromatic rings. The van der Waals surface area contributed by atoms with Crippen LogP contribution >= 0.6 is 11.6 Å². The predicted octanol–water partition coefficient (Wildman–Crippen LogP) is 4.26. The molecule has 0 radical (unpaired) electrons. The molecule has 0 atom stereocenters. The Hall–Kier alpha value is -2.17. The number of aromatic nitrogens is 3. The second-order valence-electron chi connectivity index (χ2n) is 6.13. The van der Waals surface area contributed by atoms with Crippen molar-refractivity contribution >= 4 is 11.6 Å². The maximum absolute atomic E-state index is 6.19. The van der Waals surface area contributed by atoms with Crippen LogP contribution in [0.1, 0.15) is 24.5 Å². The van der Waals surface area contributed by atoms with Gasteiger partial charge in [0.25, 0.3) is 0 Å². The number of benzene rings is 1. The van der Waals surface area contributed by atoms with Gasteiger partial charge in [-0.05, 0) is 55.8 Å². The first kappa shape index (κ1) is 15.4. The highest BCUT2D eigenvalue weighted by atomic mass is 35.5. The first-order chi connectivity index (χ1) is 11.8. The standard InChI is InChI=1S/C19H19ClN4/c20-16-3-1-2-15(12-16)19-17(13-4-8-21-9-5-13)18(23-24-19)14-6-10-22-11-7-14/h1-5,8-9,12,14,22H,6-7,10-11H2,(H,23,24). The molecule has 2 N–H and O–H groups in total. The SMILES string of the molecule is Clc1cccc(-c2n[nH]c(C3CCNCC3)c2-c2ccncc2)c1. The molecule has 122 valence electrons. The summed E-state index contributed by atoms with van der Waals surface area (Å²) in [6, 6.07) is 12.0. The summed E-state index contributed by atoms with van der Waals surface area (Å²) in [4.78, 5) is 4.15. The third-order valence-electron chi connectivity index (χ3n) is 4.61. The molecule has 2 aromatic heterocycles. The average Bonchev–Trinajstić information content (AvgIpc) is 3.08. The van der Waals surface area contributed by atoms with Crippen LogP contribution in [-0.4, -0.2) is 28.3 Å². The lowest BCUT2D eigenvalue weighted by molar-refractivity contribution is 0.453. The zero-order valence-electron chi connectivity index (χ0n) is 13.3. The third-order valence-corrected chi connectivity index (χ3v) is 4.84. The number of pyridine rings is 1. The fourth-order valence-electron chi connectivity index (χ4n) is 3.42. The van der Waals surface area contributed by atoms with Gasteiger partial charge in [-0.1, -0.05) is 23.7 Å². The minimum Gasteiger partial charge on any atom is -0.317 e. The van der Waals surface area contributed by atoms with Crippen molar-refractivity contribution in [1.82, 2.24) is 20.5 Å². The number of halogens is 1. The summed E-state index contributed by atoms with van der Waals surface area (Å²) in [6.45, 7) is 2.10. The van der Waals surface area contributed by atoms with E-state index < -0.39 is 0 Å². The van der Waals surface area contributed by atoms with E-state index in [-0.39, 0.29) is 0 Å². The first-order valence-electron chi connectivity index (χ1n) is 8.28. The first-order valence-corrected chi connectivity index (χ1v) is 8.66. The summed E-state index contributed by atoms with van der Waals surface area (Å²) in [6.07, 6.45) is 5.90. The molecule has 0 saturated carbocycles. The summed E-state index contributed by atoms with van der Waals surface area (Å²) >= 11 is 6.19. The van der Waals surface area contributed by atoms with Crippen LogP contribution in [0, 0.1) is 0 Å². The van der Waals surface area contributed by atoms with E-state index in [1.54, 1.807) is 0 Å². The predicted molar refractivity (Wildman–Crippen MR) is 97.1 cm³/mol. The zero-order chi connectivity index (χ0) is 16.4. The van der Waals surface area contributed by atoms with Gasteiger partial charge in [-0.2, -0.15) is 5.10 Å². The Balaban J connectivity index is 1.86. The molecule has 4 nitrogen and oxygen atoms in total. The molecule has 0 amide bonds. The summed E-state index contributed by atoms with van der Waals surface area (Å²) in [5, 5.41) is 12.1. The van der Waals surface area contributed by atoms with E-state index in [1.807, 2.05) is 42.7 Å². The average molecular weight is 339 g/mol. The number of nitrogens with zero attached hydrogens (tertiary/aromatic N) is 2. The molecule has 24 heavy (non-hydrogen) atoms. The van der Waals surface area contributed by atoms with Crippen LogP contribution in [-0.2, 0) is 0 Å². The molecule has 0 aliphatic carbocycles. The Labute approximate surface area is 146 Å². The fourth-order valence-corrected chi connectivity index (χ4v) is 3.61. The fraction of sp³-hybridized carbons (Fsp3) is 0.263. The Bertz CT molecular complexity index is 822. The van der Waals surface area contributed by atoms with E-state index in [1.165, 1.54) is 11.3 Å². The van der Waals surface area contributed by atoms with Gasteiger partial charge in [0.2, 0.25) is 0 Å². The maximum Gasteiger partial charge on any atom is 0.100 e. The molecular formula is C19H19ClN4. The Morgan fingerprint density at radius 2 is 1.79 bits per heavy atom. The number of aromatic amines is 1. The minimum atomic E-state index is 0.495. The van der Waals surface area contributed by atoms with Crippen LogP contribution in [0.2, 0.25) is 5.02 Å². The number of piperidine rings is 1. The maximum atomic E-state index is 6.19. The molecule has 1 saturated heterocycles. The highest BCUT2D eigenvalue weighted by Crippen LogP contribution is 2.39. The second-order valence-corrected chi connectivity index (χ2v) is 6.57. The van der Waals surface area contributed by atoms with Crippen LogP contribution in [0.25, 0.3) is 22.4 Å². The van der Waals surface area contributed by atoms with E-state index in [9.17, 15) is 0 Å². The van der Waals surface area contributed by atoms with Crippen molar-refractivity contribution < 1.29 is 0 Å². The van der Waals surface area contributed by atoms with Crippen molar-refractivity contribution in [2.75, 3.05) is 13.1 Å². The highest BCUT2D eigenvalue weighted by Gasteiger charge is 2.24. The molecule has 1 aromatic carbocycles. The minimum absolute atomic E-state index is 0.495. The highest BCUT2D eigenvalue weighted by molar-refractivity contribution is 6.30. The van der Waals surface area contributed by atoms with Crippen LogP contribution < -0.4 is 5.32 Å². The van der Waals surface area contributed by atoms with Gasteiger partial charge in [-0.25, -0.2) is 0 Å². The van der Waals surface area contributed by atoms with Gasteiger partial charge in [-0.3, -0.25) is 10.1 Å². The van der Waals surface area contributed by atoms with E-state index in [4.69, 9.17) is 11.6 Å². The Morgan fingerprint density at radius 3 is 2.54 bits per heavy atom. The number of H-pyrrole nitrogens is 1. The van der Waals surface area contributed by atoms with E-state index in [0.29, 0.717) is 5.92 Å². The molecule has 1 aliphatic heterocycles. The van der Waals surface area contributed by atoms with Gasteiger partial charge in [0.15, 0.2) is 0 Å². The van der Waals surface area contributed by atoms with E-state index >= 15 is 0 Å². The molecule has 4 rings (SSSR count). The molecular weight excluding hydrogens is 320 g/mol. The van der Waals surface area contributed by atoms with Gasteiger partial charge in [0, 0.05) is 40.2 Å². The number of rotatable bonds is 3. The van der Waals surface area contributed by atoms with Crippen molar-refractivity contribution in [3.63, 3.8) is 0 Å². The van der Waals surface area contributed by atoms with Crippen LogP contribution in [0.4, 0.5) is 0 Å². The number of hydrogen-bond donors (Lipinski definition) is 2. The smallest absolute Gasteiger partial charge is 0.100 e. The van der Waals surface area contributed by atoms with E-state index in [0.717, 1.165) is 47.8 Å². The van der Waals surface area contributed by atoms with Gasteiger partial charge in [0.1, 0.15) is 5.69 Å². The normalized spacial score (nSPS) is 15.5. The number of nitrogens with one attached hydrogen (secondary N) is 2. The van der Waals surface area contributed by atoms with E-state index in [2.05, 4.69) is 26.6 Å². The summed E-state index contributed by atoms with van der Waals surface area (Å²) in [5.74, 6) is 0.495. The van der Waals surface area contributed by atoms with Crippen molar-refractivity contribution in [2.45, 2.75) is 18.8 Å². The number of hydrogen-bond acceptors (Lipinski definition) is 3. The lowest BCUT2D eigenvalue weighted by atomic mass is 9.88. The molecule has 1 aliphatic rings. The van der Waals surface area contributed by atoms with Crippen molar-refractivity contribution in [3.05, 3.63) is 59.5 Å². The largest absolute Gasteiger partial charge is 0.317 e. The van der Waals surface area contributed by atoms with Crippen LogP contribution in [0.15, 0.2) is 48.8 Å². The monoisotopic (exact) mass is 338 g/mol. The molecule has 5 heteroatoms. The molecule has 0 bridgehead atoms. The van der Waals surface area contributed by atoms with Gasteiger partial charge in [0.05, 0.1) is 0 Å². The van der Waals surface area contributed by atoms with Crippen molar-refractivity contribution in [3.8, 4) is 22.4 Å². The van der Waals surface area contributed by atoms with Crippen molar-refractivity contribution in [1.29, 1.82) is 0 Å². The topological polar surface area (TPSA) is 53.6 Å². The third kappa shape index (κ3) is 2.95. The molecule has 1 fully saturated rings. The molecule has 3 heterocycles. The lowest BCUT2D eigenvalue weighted by Gasteiger charge is -2.22. The van der Waals surface area contributed by atoms with Gasteiger partial charge >= 0.3 is 0 Å². The Morgan fingerprint density at radius 1 is 1.00 bits per heavy atom. The second kappa shape index (κ2) is 6.75. The molecule has 0 unspecified atom stereocenters. The summed E-state index contributed by atoms with van der Waals surface area (Å²) in [5.41, 5.74) is 5.52. The lowest BCUT2D eigenvalue weighted by Crippen LogP contribution is -2.27. The van der Waals surface area contributed by atoms with Crippen molar-refractivity contribution in [2.24, 2.45) is 0 Å². The summed E-state index contributed by atoms with van der Waals surface area (Å²) in [7, 11) is 0. The van der Waals surface area contributed by atoms with Gasteiger partial charge < -0.3 is 5.32 Å². The van der Waals surface area contributed by atoms with Crippen LogP contribution in [0.5, 0.6) is 0 Å². The van der Waals surface area contributed by atoms with Gasteiger partial charge in [-0.15, -0.1) is 0 Å².